The van der Waals surface area contributed by atoms with Gasteiger partial charge >= 0.3 is 0 Å². The smallest absolute Gasteiger partial charge is 0.239 e. The van der Waals surface area contributed by atoms with Crippen LogP contribution in [-0.2, 0) is 9.59 Å². The van der Waals surface area contributed by atoms with Crippen LogP contribution in [-0.4, -0.2) is 38.6 Å². The molecule has 1 aliphatic rings. The van der Waals surface area contributed by atoms with E-state index >= 15 is 0 Å². The summed E-state index contributed by atoms with van der Waals surface area (Å²) in [6.45, 7) is 0.788. The molecule has 21 heavy (non-hydrogen) atoms. The van der Waals surface area contributed by atoms with Gasteiger partial charge in [-0.25, -0.2) is 0 Å². The first-order chi connectivity index (χ1) is 10.2. The molecule has 0 unspecified atom stereocenters. The molecule has 0 bridgehead atoms. The van der Waals surface area contributed by atoms with Gasteiger partial charge in [-0.2, -0.15) is 0 Å². The SMILES string of the molecule is COc1ccc(OCCNC(=O)CNC(=O)C2CC2)cc1. The van der Waals surface area contributed by atoms with Gasteiger partial charge in [0.1, 0.15) is 18.1 Å². The summed E-state index contributed by atoms with van der Waals surface area (Å²) < 4.78 is 10.5. The molecule has 6 nitrogen and oxygen atoms in total. The second-order valence-corrected chi connectivity index (χ2v) is 4.87. The van der Waals surface area contributed by atoms with Crippen LogP contribution in [0.2, 0.25) is 0 Å². The van der Waals surface area contributed by atoms with Crippen molar-refractivity contribution in [2.75, 3.05) is 26.8 Å². The second kappa shape index (κ2) is 7.52. The van der Waals surface area contributed by atoms with Crippen molar-refractivity contribution in [2.45, 2.75) is 12.8 Å². The van der Waals surface area contributed by atoms with Crippen LogP contribution in [0.1, 0.15) is 12.8 Å². The number of carbonyl (C=O) groups excluding carboxylic acids is 2. The predicted molar refractivity (Wildman–Crippen MR) is 77.2 cm³/mol. The van der Waals surface area contributed by atoms with Gasteiger partial charge in [0.05, 0.1) is 20.2 Å². The Morgan fingerprint density at radius 3 is 2.43 bits per heavy atom. The first-order valence-corrected chi connectivity index (χ1v) is 7.00. The molecule has 1 aliphatic carbocycles. The van der Waals surface area contributed by atoms with Gasteiger partial charge in [0.15, 0.2) is 0 Å². The molecule has 2 rings (SSSR count). The number of hydrogen-bond acceptors (Lipinski definition) is 4. The zero-order chi connectivity index (χ0) is 15.1. The summed E-state index contributed by atoms with van der Waals surface area (Å²) in [5, 5.41) is 5.30. The molecular weight excluding hydrogens is 272 g/mol. The number of nitrogens with one attached hydrogen (secondary N) is 2. The summed E-state index contributed by atoms with van der Waals surface area (Å²) >= 11 is 0. The summed E-state index contributed by atoms with van der Waals surface area (Å²) in [6.07, 6.45) is 1.87. The van der Waals surface area contributed by atoms with Crippen molar-refractivity contribution in [3.63, 3.8) is 0 Å². The van der Waals surface area contributed by atoms with Crippen molar-refractivity contribution in [3.8, 4) is 11.5 Å². The molecule has 0 heterocycles. The largest absolute Gasteiger partial charge is 0.497 e. The van der Waals surface area contributed by atoms with Crippen molar-refractivity contribution >= 4 is 11.8 Å². The monoisotopic (exact) mass is 292 g/mol. The van der Waals surface area contributed by atoms with E-state index in [1.54, 1.807) is 31.4 Å². The van der Waals surface area contributed by atoms with Crippen LogP contribution in [0.3, 0.4) is 0 Å². The molecule has 0 saturated heterocycles. The third-order valence-corrected chi connectivity index (χ3v) is 3.12. The molecule has 0 atom stereocenters. The Kier molecular flexibility index (Phi) is 5.43. The summed E-state index contributed by atoms with van der Waals surface area (Å²) in [5.41, 5.74) is 0. The average molecular weight is 292 g/mol. The Morgan fingerprint density at radius 1 is 1.14 bits per heavy atom. The van der Waals surface area contributed by atoms with Crippen LogP contribution in [0, 0.1) is 5.92 Å². The quantitative estimate of drug-likeness (QED) is 0.692. The Balaban J connectivity index is 1.55. The number of hydrogen-bond donors (Lipinski definition) is 2. The van der Waals surface area contributed by atoms with E-state index in [0.29, 0.717) is 18.9 Å². The molecule has 1 aromatic carbocycles. The summed E-state index contributed by atoms with van der Waals surface area (Å²) in [6, 6.07) is 7.22. The number of carbonyl (C=O) groups is 2. The third-order valence-electron chi connectivity index (χ3n) is 3.12. The normalized spacial score (nSPS) is 13.4. The highest BCUT2D eigenvalue weighted by Gasteiger charge is 2.29. The van der Waals surface area contributed by atoms with E-state index in [4.69, 9.17) is 9.47 Å². The number of ether oxygens (including phenoxy) is 2. The Labute approximate surface area is 123 Å². The average Bonchev–Trinajstić information content (AvgIpc) is 3.34. The lowest BCUT2D eigenvalue weighted by atomic mass is 10.3. The molecule has 1 aromatic rings. The van der Waals surface area contributed by atoms with Crippen LogP contribution >= 0.6 is 0 Å². The van der Waals surface area contributed by atoms with E-state index in [-0.39, 0.29) is 24.3 Å². The summed E-state index contributed by atoms with van der Waals surface area (Å²) in [5.74, 6) is 1.37. The second-order valence-electron chi connectivity index (χ2n) is 4.87. The maximum Gasteiger partial charge on any atom is 0.239 e. The maximum atomic E-state index is 11.5. The molecule has 1 saturated carbocycles. The molecule has 2 N–H and O–H groups in total. The predicted octanol–water partition coefficient (Wildman–Crippen LogP) is 0.716. The van der Waals surface area contributed by atoms with Crippen LogP contribution in [0.15, 0.2) is 24.3 Å². The van der Waals surface area contributed by atoms with Crippen LogP contribution < -0.4 is 20.1 Å². The Hall–Kier alpha value is -2.24. The molecule has 114 valence electrons. The standard InChI is InChI=1S/C15H20N2O4/c1-20-12-4-6-13(7-5-12)21-9-8-16-14(18)10-17-15(19)11-2-3-11/h4-7,11H,2-3,8-10H2,1H3,(H,16,18)(H,17,19). The van der Waals surface area contributed by atoms with Crippen molar-refractivity contribution in [1.82, 2.24) is 10.6 Å². The number of benzene rings is 1. The van der Waals surface area contributed by atoms with Crippen LogP contribution in [0.4, 0.5) is 0 Å². The van der Waals surface area contributed by atoms with Gasteiger partial charge in [-0.15, -0.1) is 0 Å². The van der Waals surface area contributed by atoms with E-state index < -0.39 is 0 Å². The van der Waals surface area contributed by atoms with Crippen molar-refractivity contribution in [2.24, 2.45) is 5.92 Å². The summed E-state index contributed by atoms with van der Waals surface area (Å²) in [7, 11) is 1.60. The van der Waals surface area contributed by atoms with E-state index in [2.05, 4.69) is 10.6 Å². The molecule has 0 radical (unpaired) electrons. The number of methoxy groups -OCH3 is 1. The number of amides is 2. The maximum absolute atomic E-state index is 11.5. The van der Waals surface area contributed by atoms with Gasteiger partial charge in [0.2, 0.25) is 11.8 Å². The lowest BCUT2D eigenvalue weighted by Gasteiger charge is -2.09. The van der Waals surface area contributed by atoms with Gasteiger partial charge in [-0.1, -0.05) is 0 Å². The molecule has 1 fully saturated rings. The lowest BCUT2D eigenvalue weighted by Crippen LogP contribution is -2.38. The first kappa shape index (κ1) is 15.2. The minimum atomic E-state index is -0.206. The topological polar surface area (TPSA) is 76.7 Å². The third kappa shape index (κ3) is 5.33. The van der Waals surface area contributed by atoms with Gasteiger partial charge in [0.25, 0.3) is 0 Å². The van der Waals surface area contributed by atoms with E-state index in [9.17, 15) is 9.59 Å². The van der Waals surface area contributed by atoms with Crippen molar-refractivity contribution in [3.05, 3.63) is 24.3 Å². The minimum Gasteiger partial charge on any atom is -0.497 e. The molecule has 2 amide bonds. The van der Waals surface area contributed by atoms with Crippen LogP contribution in [0.25, 0.3) is 0 Å². The zero-order valence-electron chi connectivity index (χ0n) is 12.1. The lowest BCUT2D eigenvalue weighted by molar-refractivity contribution is -0.126. The molecule has 0 spiro atoms. The summed E-state index contributed by atoms with van der Waals surface area (Å²) in [4.78, 5) is 22.8. The molecule has 0 aliphatic heterocycles. The highest BCUT2D eigenvalue weighted by molar-refractivity contribution is 5.86. The molecule has 6 heteroatoms. The van der Waals surface area contributed by atoms with Gasteiger partial charge in [-0.05, 0) is 37.1 Å². The van der Waals surface area contributed by atoms with E-state index in [1.807, 2.05) is 0 Å². The first-order valence-electron chi connectivity index (χ1n) is 7.00. The van der Waals surface area contributed by atoms with E-state index in [1.165, 1.54) is 0 Å². The zero-order valence-corrected chi connectivity index (χ0v) is 12.1. The van der Waals surface area contributed by atoms with Gasteiger partial charge < -0.3 is 20.1 Å². The van der Waals surface area contributed by atoms with Gasteiger partial charge in [-0.3, -0.25) is 9.59 Å². The van der Waals surface area contributed by atoms with Crippen molar-refractivity contribution in [1.29, 1.82) is 0 Å². The fourth-order valence-electron chi connectivity index (χ4n) is 1.75. The van der Waals surface area contributed by atoms with Crippen LogP contribution in [0.5, 0.6) is 11.5 Å². The van der Waals surface area contributed by atoms with Crippen molar-refractivity contribution < 1.29 is 19.1 Å². The Bertz CT molecular complexity index is 483. The minimum absolute atomic E-state index is 0.0257. The molecule has 0 aromatic heterocycles. The highest BCUT2D eigenvalue weighted by Crippen LogP contribution is 2.28. The highest BCUT2D eigenvalue weighted by atomic mass is 16.5. The molecular formula is C15H20N2O4. The fourth-order valence-corrected chi connectivity index (χ4v) is 1.75. The Morgan fingerprint density at radius 2 is 1.81 bits per heavy atom. The van der Waals surface area contributed by atoms with Gasteiger partial charge in [0, 0.05) is 5.92 Å². The van der Waals surface area contributed by atoms with E-state index in [0.717, 1.165) is 18.6 Å². The fraction of sp³-hybridized carbons (Fsp3) is 0.467. The number of rotatable bonds is 8.